The van der Waals surface area contributed by atoms with E-state index in [1.54, 1.807) is 0 Å². The summed E-state index contributed by atoms with van der Waals surface area (Å²) < 4.78 is 0. The fourth-order valence-corrected chi connectivity index (χ4v) is 2.85. The number of hydrogen-bond donors (Lipinski definition) is 1. The molecule has 2 heterocycles. The minimum atomic E-state index is 0.707. The van der Waals surface area contributed by atoms with E-state index >= 15 is 0 Å². The van der Waals surface area contributed by atoms with E-state index in [2.05, 4.69) is 36.0 Å². The van der Waals surface area contributed by atoms with E-state index in [1.165, 1.54) is 39.0 Å². The highest BCUT2D eigenvalue weighted by Gasteiger charge is 2.28. The number of hydrogen-bond acceptors (Lipinski definition) is 3. The van der Waals surface area contributed by atoms with Crippen molar-refractivity contribution in [3.63, 3.8) is 0 Å². The molecule has 0 aromatic rings. The molecular formula is C12H25N3. The maximum atomic E-state index is 3.53. The van der Waals surface area contributed by atoms with E-state index in [-0.39, 0.29) is 0 Å². The second kappa shape index (κ2) is 4.81. The Morgan fingerprint density at radius 1 is 1.20 bits per heavy atom. The lowest BCUT2D eigenvalue weighted by atomic mass is 9.97. The largest absolute Gasteiger partial charge is 0.314 e. The van der Waals surface area contributed by atoms with Crippen LogP contribution in [0.1, 0.15) is 26.7 Å². The zero-order valence-corrected chi connectivity index (χ0v) is 10.4. The maximum absolute atomic E-state index is 3.53. The number of likely N-dealkylation sites (N-methyl/N-ethyl adjacent to an activating group) is 1. The lowest BCUT2D eigenvalue weighted by Gasteiger charge is -2.44. The summed E-state index contributed by atoms with van der Waals surface area (Å²) in [6.45, 7) is 9.61. The molecule has 0 bridgehead atoms. The van der Waals surface area contributed by atoms with Crippen LogP contribution in [0.4, 0.5) is 0 Å². The summed E-state index contributed by atoms with van der Waals surface area (Å²) in [5, 5.41) is 3.53. The third kappa shape index (κ3) is 2.71. The number of piperazine rings is 1. The summed E-state index contributed by atoms with van der Waals surface area (Å²) in [4.78, 5) is 5.18. The number of piperidine rings is 1. The summed E-state index contributed by atoms with van der Waals surface area (Å²) >= 11 is 0. The summed E-state index contributed by atoms with van der Waals surface area (Å²) in [5.74, 6) is 0. The Balaban J connectivity index is 1.87. The van der Waals surface area contributed by atoms with Gasteiger partial charge in [0.05, 0.1) is 0 Å². The van der Waals surface area contributed by atoms with Crippen molar-refractivity contribution < 1.29 is 0 Å². The van der Waals surface area contributed by atoms with Gasteiger partial charge in [0.1, 0.15) is 0 Å². The van der Waals surface area contributed by atoms with Gasteiger partial charge in [-0.15, -0.1) is 0 Å². The van der Waals surface area contributed by atoms with Gasteiger partial charge in [-0.2, -0.15) is 0 Å². The van der Waals surface area contributed by atoms with Gasteiger partial charge >= 0.3 is 0 Å². The predicted octanol–water partition coefficient (Wildman–Crippen LogP) is 0.763. The summed E-state index contributed by atoms with van der Waals surface area (Å²) in [5.41, 5.74) is 0. The predicted molar refractivity (Wildman–Crippen MR) is 64.2 cm³/mol. The molecule has 0 aliphatic carbocycles. The van der Waals surface area contributed by atoms with Crippen molar-refractivity contribution in [2.24, 2.45) is 0 Å². The summed E-state index contributed by atoms with van der Waals surface area (Å²) in [6, 6.07) is 2.26. The van der Waals surface area contributed by atoms with Gasteiger partial charge in [-0.25, -0.2) is 0 Å². The normalized spacial score (nSPS) is 40.6. The van der Waals surface area contributed by atoms with E-state index in [4.69, 9.17) is 0 Å². The minimum Gasteiger partial charge on any atom is -0.314 e. The van der Waals surface area contributed by atoms with E-state index in [1.807, 2.05) is 0 Å². The molecule has 15 heavy (non-hydrogen) atoms. The van der Waals surface area contributed by atoms with Crippen LogP contribution in [0.2, 0.25) is 0 Å². The molecule has 2 aliphatic heterocycles. The lowest BCUT2D eigenvalue weighted by Crippen LogP contribution is -2.56. The molecule has 1 N–H and O–H groups in total. The fraction of sp³-hybridized carbons (Fsp3) is 1.00. The van der Waals surface area contributed by atoms with Gasteiger partial charge in [0.2, 0.25) is 0 Å². The van der Waals surface area contributed by atoms with Crippen molar-refractivity contribution >= 4 is 0 Å². The SMILES string of the molecule is CC1CC(N2CCN(C)C(C)C2)CCN1. The lowest BCUT2D eigenvalue weighted by molar-refractivity contribution is 0.0547. The van der Waals surface area contributed by atoms with Crippen molar-refractivity contribution in [1.82, 2.24) is 15.1 Å². The van der Waals surface area contributed by atoms with Crippen molar-refractivity contribution in [3.05, 3.63) is 0 Å². The average molecular weight is 211 g/mol. The molecule has 0 spiro atoms. The van der Waals surface area contributed by atoms with Crippen LogP contribution in [-0.2, 0) is 0 Å². The van der Waals surface area contributed by atoms with Gasteiger partial charge in [-0.3, -0.25) is 4.90 Å². The van der Waals surface area contributed by atoms with E-state index in [9.17, 15) is 0 Å². The molecule has 0 aromatic carbocycles. The number of nitrogens with zero attached hydrogens (tertiary/aromatic N) is 2. The Labute approximate surface area is 93.8 Å². The first-order valence-corrected chi connectivity index (χ1v) is 6.34. The Kier molecular flexibility index (Phi) is 3.65. The van der Waals surface area contributed by atoms with Crippen LogP contribution in [-0.4, -0.2) is 61.2 Å². The first-order valence-electron chi connectivity index (χ1n) is 6.34. The molecule has 0 radical (unpaired) electrons. The van der Waals surface area contributed by atoms with Gasteiger partial charge < -0.3 is 10.2 Å². The number of nitrogens with one attached hydrogen (secondary N) is 1. The molecule has 3 atom stereocenters. The third-order valence-corrected chi connectivity index (χ3v) is 4.10. The molecule has 2 aliphatic rings. The maximum Gasteiger partial charge on any atom is 0.0192 e. The highest BCUT2D eigenvalue weighted by Crippen LogP contribution is 2.18. The third-order valence-electron chi connectivity index (χ3n) is 4.10. The molecule has 2 saturated heterocycles. The molecule has 0 amide bonds. The Morgan fingerprint density at radius 2 is 2.00 bits per heavy atom. The van der Waals surface area contributed by atoms with Crippen LogP contribution in [0.3, 0.4) is 0 Å². The Hall–Kier alpha value is -0.120. The molecule has 3 unspecified atom stereocenters. The average Bonchev–Trinajstić information content (AvgIpc) is 2.22. The quantitative estimate of drug-likeness (QED) is 0.691. The van der Waals surface area contributed by atoms with Gasteiger partial charge in [-0.1, -0.05) is 0 Å². The van der Waals surface area contributed by atoms with Gasteiger partial charge in [-0.05, 0) is 40.3 Å². The monoisotopic (exact) mass is 211 g/mol. The zero-order valence-electron chi connectivity index (χ0n) is 10.4. The molecule has 0 saturated carbocycles. The van der Waals surface area contributed by atoms with Crippen molar-refractivity contribution in [1.29, 1.82) is 0 Å². The molecule has 88 valence electrons. The van der Waals surface area contributed by atoms with Crippen LogP contribution in [0, 0.1) is 0 Å². The van der Waals surface area contributed by atoms with Crippen molar-refractivity contribution in [2.45, 2.75) is 44.8 Å². The van der Waals surface area contributed by atoms with E-state index in [0.717, 1.165) is 12.1 Å². The molecule has 2 fully saturated rings. The van der Waals surface area contributed by atoms with Crippen LogP contribution >= 0.6 is 0 Å². The first kappa shape index (κ1) is 11.4. The number of rotatable bonds is 1. The van der Waals surface area contributed by atoms with Crippen LogP contribution < -0.4 is 5.32 Å². The van der Waals surface area contributed by atoms with Gasteiger partial charge in [0.25, 0.3) is 0 Å². The molecule has 3 heteroatoms. The first-order chi connectivity index (χ1) is 7.16. The van der Waals surface area contributed by atoms with Crippen LogP contribution in [0.25, 0.3) is 0 Å². The molecular weight excluding hydrogens is 186 g/mol. The summed E-state index contributed by atoms with van der Waals surface area (Å²) in [6.07, 6.45) is 2.66. The van der Waals surface area contributed by atoms with E-state index in [0.29, 0.717) is 6.04 Å². The minimum absolute atomic E-state index is 0.707. The van der Waals surface area contributed by atoms with Crippen molar-refractivity contribution in [3.8, 4) is 0 Å². The molecule has 3 nitrogen and oxygen atoms in total. The van der Waals surface area contributed by atoms with Crippen molar-refractivity contribution in [2.75, 3.05) is 33.2 Å². The van der Waals surface area contributed by atoms with E-state index < -0.39 is 0 Å². The Morgan fingerprint density at radius 3 is 2.67 bits per heavy atom. The fourth-order valence-electron chi connectivity index (χ4n) is 2.85. The standard InChI is InChI=1S/C12H25N3/c1-10-8-12(4-5-13-10)15-7-6-14(3)11(2)9-15/h10-13H,4-9H2,1-3H3. The zero-order chi connectivity index (χ0) is 10.8. The smallest absolute Gasteiger partial charge is 0.0192 e. The topological polar surface area (TPSA) is 18.5 Å². The molecule has 0 aromatic heterocycles. The highest BCUT2D eigenvalue weighted by atomic mass is 15.3. The van der Waals surface area contributed by atoms with Gasteiger partial charge in [0.15, 0.2) is 0 Å². The van der Waals surface area contributed by atoms with Gasteiger partial charge in [0, 0.05) is 37.8 Å². The molecule has 2 rings (SSSR count). The highest BCUT2D eigenvalue weighted by molar-refractivity contribution is 4.86. The summed E-state index contributed by atoms with van der Waals surface area (Å²) in [7, 11) is 2.24. The van der Waals surface area contributed by atoms with Crippen LogP contribution in [0.15, 0.2) is 0 Å². The Bertz CT molecular complexity index is 207. The van der Waals surface area contributed by atoms with Crippen LogP contribution in [0.5, 0.6) is 0 Å². The second-order valence-electron chi connectivity index (χ2n) is 5.36. The second-order valence-corrected chi connectivity index (χ2v) is 5.36.